The fourth-order valence-corrected chi connectivity index (χ4v) is 10.2. The van der Waals surface area contributed by atoms with Crippen LogP contribution in [0.4, 0.5) is 0 Å². The minimum atomic E-state index is -1.57. The molecule has 0 bridgehead atoms. The highest BCUT2D eigenvalue weighted by Gasteiger charge is 2.46. The minimum Gasteiger partial charge on any atom is -0.380 e. The van der Waals surface area contributed by atoms with E-state index in [-0.39, 0.29) is 0 Å². The van der Waals surface area contributed by atoms with Crippen molar-refractivity contribution in [1.29, 1.82) is 0 Å². The fourth-order valence-electron chi connectivity index (χ4n) is 3.64. The molecule has 0 amide bonds. The lowest BCUT2D eigenvalue weighted by Crippen LogP contribution is -2.55. The molecular formula is C17H35NSi. The van der Waals surface area contributed by atoms with Crippen LogP contribution in [-0.2, 0) is 0 Å². The predicted molar refractivity (Wildman–Crippen MR) is 91.7 cm³/mol. The van der Waals surface area contributed by atoms with Crippen LogP contribution in [-0.4, -0.2) is 12.8 Å². The van der Waals surface area contributed by atoms with Gasteiger partial charge in [0.1, 0.15) is 0 Å². The quantitative estimate of drug-likeness (QED) is 0.471. The molecule has 0 aromatic carbocycles. The van der Waals surface area contributed by atoms with Crippen LogP contribution in [0.1, 0.15) is 68.2 Å². The second kappa shape index (κ2) is 8.62. The first-order chi connectivity index (χ1) is 8.85. The van der Waals surface area contributed by atoms with Crippen molar-refractivity contribution in [2.75, 3.05) is 0 Å². The Hall–Kier alpha value is -0.503. The van der Waals surface area contributed by atoms with Crippen LogP contribution in [0, 0.1) is 0 Å². The number of rotatable bonds is 8. The Kier molecular flexibility index (Phi) is 8.40. The highest BCUT2D eigenvalue weighted by Crippen LogP contribution is 2.44. The maximum Gasteiger partial charge on any atom is 0.168 e. The number of allylic oxidation sites excluding steroid dienone is 2. The molecule has 0 saturated heterocycles. The molecule has 0 aliphatic rings. The summed E-state index contributed by atoms with van der Waals surface area (Å²) >= 11 is 0. The zero-order valence-corrected chi connectivity index (χ0v) is 15.4. The Morgan fingerprint density at radius 3 is 1.26 bits per heavy atom. The summed E-state index contributed by atoms with van der Waals surface area (Å²) in [4.78, 5) is 0. The molecule has 0 saturated carbocycles. The SMILES string of the molecule is CCC=CN(C=CCC)[Si](C(C)C)(C(C)C)C(C)C. The van der Waals surface area contributed by atoms with Gasteiger partial charge in [-0.2, -0.15) is 0 Å². The monoisotopic (exact) mass is 281 g/mol. The first-order valence-electron chi connectivity index (χ1n) is 7.97. The van der Waals surface area contributed by atoms with E-state index in [1.165, 1.54) is 0 Å². The zero-order chi connectivity index (χ0) is 15.1. The van der Waals surface area contributed by atoms with E-state index < -0.39 is 8.24 Å². The molecule has 19 heavy (non-hydrogen) atoms. The van der Waals surface area contributed by atoms with Crippen molar-refractivity contribution < 1.29 is 0 Å². The number of hydrogen-bond donors (Lipinski definition) is 0. The average molecular weight is 282 g/mol. The van der Waals surface area contributed by atoms with Crippen LogP contribution in [0.3, 0.4) is 0 Å². The van der Waals surface area contributed by atoms with Gasteiger partial charge < -0.3 is 4.57 Å². The summed E-state index contributed by atoms with van der Waals surface area (Å²) in [6.07, 6.45) is 11.5. The summed E-state index contributed by atoms with van der Waals surface area (Å²) in [5.74, 6) is 0. The summed E-state index contributed by atoms with van der Waals surface area (Å²) in [7, 11) is -1.57. The van der Waals surface area contributed by atoms with E-state index in [0.717, 1.165) is 29.5 Å². The Labute approximate surface area is 122 Å². The lowest BCUT2D eigenvalue weighted by molar-refractivity contribution is 0.623. The van der Waals surface area contributed by atoms with Crippen molar-refractivity contribution in [2.24, 2.45) is 0 Å². The third kappa shape index (κ3) is 4.24. The van der Waals surface area contributed by atoms with E-state index in [9.17, 15) is 0 Å². The second-order valence-corrected chi connectivity index (χ2v) is 12.1. The molecule has 0 heterocycles. The van der Waals surface area contributed by atoms with E-state index in [0.29, 0.717) is 0 Å². The fraction of sp³-hybridized carbons (Fsp3) is 0.765. The van der Waals surface area contributed by atoms with Gasteiger partial charge in [-0.25, -0.2) is 0 Å². The molecule has 2 heteroatoms. The van der Waals surface area contributed by atoms with Crippen LogP contribution in [0.5, 0.6) is 0 Å². The Bertz CT molecular complexity index is 254. The van der Waals surface area contributed by atoms with Crippen LogP contribution in [0.15, 0.2) is 24.6 Å². The van der Waals surface area contributed by atoms with Gasteiger partial charge in [0.15, 0.2) is 8.24 Å². The minimum absolute atomic E-state index is 0.746. The maximum absolute atomic E-state index is 2.61. The van der Waals surface area contributed by atoms with Gasteiger partial charge in [-0.3, -0.25) is 0 Å². The van der Waals surface area contributed by atoms with Gasteiger partial charge in [0.25, 0.3) is 0 Å². The van der Waals surface area contributed by atoms with E-state index in [1.54, 1.807) is 0 Å². The van der Waals surface area contributed by atoms with E-state index in [1.807, 2.05) is 0 Å². The normalized spacial score (nSPS) is 13.6. The molecule has 0 fully saturated rings. The van der Waals surface area contributed by atoms with Crippen molar-refractivity contribution in [3.63, 3.8) is 0 Å². The summed E-state index contributed by atoms with van der Waals surface area (Å²) in [5.41, 5.74) is 2.24. The third-order valence-electron chi connectivity index (χ3n) is 4.23. The van der Waals surface area contributed by atoms with E-state index in [2.05, 4.69) is 84.5 Å². The van der Waals surface area contributed by atoms with Crippen molar-refractivity contribution in [3.8, 4) is 0 Å². The number of nitrogens with zero attached hydrogens (tertiary/aromatic N) is 1. The molecule has 0 aliphatic heterocycles. The van der Waals surface area contributed by atoms with Crippen LogP contribution in [0.25, 0.3) is 0 Å². The summed E-state index contributed by atoms with van der Waals surface area (Å²) in [6.45, 7) is 18.9. The van der Waals surface area contributed by atoms with Gasteiger partial charge in [-0.1, -0.05) is 67.5 Å². The molecule has 0 aliphatic carbocycles. The van der Waals surface area contributed by atoms with Crippen molar-refractivity contribution >= 4 is 8.24 Å². The Balaban J connectivity index is 5.71. The van der Waals surface area contributed by atoms with Crippen LogP contribution < -0.4 is 0 Å². The van der Waals surface area contributed by atoms with Gasteiger partial charge in [0.05, 0.1) is 0 Å². The average Bonchev–Trinajstić information content (AvgIpc) is 2.31. The molecule has 0 rings (SSSR count). The maximum atomic E-state index is 2.61. The largest absolute Gasteiger partial charge is 0.380 e. The smallest absolute Gasteiger partial charge is 0.168 e. The van der Waals surface area contributed by atoms with E-state index in [4.69, 9.17) is 0 Å². The molecule has 112 valence electrons. The first-order valence-corrected chi connectivity index (χ1v) is 10.1. The Morgan fingerprint density at radius 1 is 0.737 bits per heavy atom. The predicted octanol–water partition coefficient (Wildman–Crippen LogP) is 6.31. The van der Waals surface area contributed by atoms with Gasteiger partial charge >= 0.3 is 0 Å². The molecular weight excluding hydrogens is 246 g/mol. The van der Waals surface area contributed by atoms with Gasteiger partial charge in [-0.15, -0.1) is 0 Å². The summed E-state index contributed by atoms with van der Waals surface area (Å²) < 4.78 is 2.61. The van der Waals surface area contributed by atoms with Crippen molar-refractivity contribution in [1.82, 2.24) is 4.57 Å². The zero-order valence-electron chi connectivity index (χ0n) is 14.4. The summed E-state index contributed by atoms with van der Waals surface area (Å²) in [5, 5.41) is 0. The van der Waals surface area contributed by atoms with Crippen LogP contribution >= 0.6 is 0 Å². The molecule has 0 atom stereocenters. The third-order valence-corrected chi connectivity index (χ3v) is 11.0. The van der Waals surface area contributed by atoms with Gasteiger partial charge in [0, 0.05) is 0 Å². The molecule has 0 aromatic rings. The lowest BCUT2D eigenvalue weighted by Gasteiger charge is -2.49. The molecule has 1 nitrogen and oxygen atoms in total. The van der Waals surface area contributed by atoms with Crippen molar-refractivity contribution in [2.45, 2.75) is 84.9 Å². The first kappa shape index (κ1) is 18.5. The Morgan fingerprint density at radius 2 is 1.05 bits per heavy atom. The molecule has 0 N–H and O–H groups in total. The summed E-state index contributed by atoms with van der Waals surface area (Å²) in [6, 6.07) is 0. The highest BCUT2D eigenvalue weighted by molar-refractivity contribution is 6.81. The molecule has 0 unspecified atom stereocenters. The molecule has 0 radical (unpaired) electrons. The van der Waals surface area contributed by atoms with Crippen LogP contribution in [0.2, 0.25) is 16.6 Å². The van der Waals surface area contributed by atoms with Gasteiger partial charge in [0.2, 0.25) is 0 Å². The number of hydrogen-bond acceptors (Lipinski definition) is 1. The van der Waals surface area contributed by atoms with E-state index >= 15 is 0 Å². The highest BCUT2D eigenvalue weighted by atomic mass is 28.3. The molecule has 0 aromatic heterocycles. The topological polar surface area (TPSA) is 3.24 Å². The second-order valence-electron chi connectivity index (χ2n) is 6.34. The van der Waals surface area contributed by atoms with Gasteiger partial charge in [-0.05, 0) is 41.9 Å². The lowest BCUT2D eigenvalue weighted by atomic mass is 10.4. The standard InChI is InChI=1S/C17H35NSi/c1-9-11-13-18(14-12-10-2)19(15(3)4,16(5)6)17(7)8/h11-17H,9-10H2,1-8H3. The van der Waals surface area contributed by atoms with Crippen molar-refractivity contribution in [3.05, 3.63) is 24.6 Å². The molecule has 0 spiro atoms.